The predicted molar refractivity (Wildman–Crippen MR) is 101 cm³/mol. The van der Waals surface area contributed by atoms with Gasteiger partial charge in [-0.25, -0.2) is 0 Å². The van der Waals surface area contributed by atoms with Gasteiger partial charge in [-0.3, -0.25) is 4.79 Å². The molecule has 2 aromatic carbocycles. The number of carbonyl (C=O) groups is 1. The summed E-state index contributed by atoms with van der Waals surface area (Å²) in [4.78, 5) is 15.6. The third kappa shape index (κ3) is 3.18. The van der Waals surface area contributed by atoms with Gasteiger partial charge in [0.1, 0.15) is 12.4 Å². The molecule has 0 atom stereocenters. The molecule has 1 amide bonds. The minimum atomic E-state index is -0.441. The van der Waals surface area contributed by atoms with E-state index in [2.05, 4.69) is 41.5 Å². The van der Waals surface area contributed by atoms with Crippen molar-refractivity contribution in [2.24, 2.45) is 5.41 Å². The Bertz CT molecular complexity index is 940. The van der Waals surface area contributed by atoms with Gasteiger partial charge in [-0.1, -0.05) is 29.8 Å². The number of H-pyrrole nitrogens is 1. The standard InChI is InChI=1S/C21H22N2O3/c1-14-3-5-15(6-4-14)11-26-16-7-8-18-17(9-16)19(10-22-18)23-20(24)21(2)12-25-13-21/h3-10,22H,11-13H2,1-2H3,(H,23,24). The van der Waals surface area contributed by atoms with E-state index in [-0.39, 0.29) is 5.91 Å². The first-order valence-electron chi connectivity index (χ1n) is 8.72. The third-order valence-electron chi connectivity index (χ3n) is 4.82. The SMILES string of the molecule is Cc1ccc(COc2ccc3[nH]cc(NC(=O)C4(C)COC4)c3c2)cc1. The van der Waals surface area contributed by atoms with Gasteiger partial charge >= 0.3 is 0 Å². The lowest BCUT2D eigenvalue weighted by Crippen LogP contribution is -2.49. The molecule has 0 spiro atoms. The lowest BCUT2D eigenvalue weighted by Gasteiger charge is -2.36. The van der Waals surface area contributed by atoms with Gasteiger partial charge in [-0.05, 0) is 37.6 Å². The first-order valence-corrected chi connectivity index (χ1v) is 8.72. The first kappa shape index (κ1) is 16.7. The molecule has 26 heavy (non-hydrogen) atoms. The Morgan fingerprint density at radius 2 is 2.00 bits per heavy atom. The second-order valence-corrected chi connectivity index (χ2v) is 7.19. The fourth-order valence-electron chi connectivity index (χ4n) is 2.96. The number of aromatic amines is 1. The number of amides is 1. The van der Waals surface area contributed by atoms with Crippen molar-refractivity contribution < 1.29 is 14.3 Å². The van der Waals surface area contributed by atoms with Gasteiger partial charge in [0, 0.05) is 17.1 Å². The van der Waals surface area contributed by atoms with Gasteiger partial charge in [-0.15, -0.1) is 0 Å². The van der Waals surface area contributed by atoms with Crippen LogP contribution in [-0.2, 0) is 16.1 Å². The number of ether oxygens (including phenoxy) is 2. The van der Waals surface area contributed by atoms with Crippen molar-refractivity contribution in [3.63, 3.8) is 0 Å². The smallest absolute Gasteiger partial charge is 0.235 e. The number of nitrogens with one attached hydrogen (secondary N) is 2. The van der Waals surface area contributed by atoms with E-state index in [1.807, 2.05) is 31.3 Å². The summed E-state index contributed by atoms with van der Waals surface area (Å²) >= 11 is 0. The van der Waals surface area contributed by atoms with E-state index in [0.717, 1.165) is 27.9 Å². The number of hydrogen-bond acceptors (Lipinski definition) is 3. The van der Waals surface area contributed by atoms with Gasteiger partial charge in [-0.2, -0.15) is 0 Å². The van der Waals surface area contributed by atoms with Crippen LogP contribution in [0.4, 0.5) is 5.69 Å². The summed E-state index contributed by atoms with van der Waals surface area (Å²) in [6.07, 6.45) is 1.81. The molecule has 5 nitrogen and oxygen atoms in total. The van der Waals surface area contributed by atoms with E-state index in [9.17, 15) is 4.79 Å². The molecule has 1 aliphatic rings. The highest BCUT2D eigenvalue weighted by Gasteiger charge is 2.41. The van der Waals surface area contributed by atoms with Gasteiger partial charge in [0.15, 0.2) is 0 Å². The molecular weight excluding hydrogens is 328 g/mol. The maximum Gasteiger partial charge on any atom is 0.235 e. The molecular formula is C21H22N2O3. The Labute approximate surface area is 152 Å². The van der Waals surface area contributed by atoms with Crippen LogP contribution in [0.25, 0.3) is 10.9 Å². The molecule has 0 unspecified atom stereocenters. The molecule has 1 fully saturated rings. The van der Waals surface area contributed by atoms with Crippen LogP contribution in [0.3, 0.4) is 0 Å². The summed E-state index contributed by atoms with van der Waals surface area (Å²) in [5.41, 5.74) is 3.63. The Morgan fingerprint density at radius 1 is 1.23 bits per heavy atom. The zero-order valence-electron chi connectivity index (χ0n) is 15.0. The lowest BCUT2D eigenvalue weighted by atomic mass is 9.87. The molecule has 2 N–H and O–H groups in total. The van der Waals surface area contributed by atoms with Crippen LogP contribution in [0, 0.1) is 12.3 Å². The highest BCUT2D eigenvalue weighted by molar-refractivity contribution is 6.04. The fraction of sp³-hybridized carbons (Fsp3) is 0.286. The molecule has 3 aromatic rings. The van der Waals surface area contributed by atoms with Crippen molar-refractivity contribution in [1.29, 1.82) is 0 Å². The van der Waals surface area contributed by atoms with Crippen molar-refractivity contribution in [3.8, 4) is 5.75 Å². The van der Waals surface area contributed by atoms with Gasteiger partial charge in [0.05, 0.1) is 24.3 Å². The highest BCUT2D eigenvalue weighted by Crippen LogP contribution is 2.32. The maximum atomic E-state index is 12.4. The van der Waals surface area contributed by atoms with E-state index < -0.39 is 5.41 Å². The quantitative estimate of drug-likeness (QED) is 0.730. The Hall–Kier alpha value is -2.79. The number of fused-ring (bicyclic) bond motifs is 1. The van der Waals surface area contributed by atoms with Gasteiger partial charge < -0.3 is 19.8 Å². The number of aryl methyl sites for hydroxylation is 1. The number of rotatable bonds is 5. The van der Waals surface area contributed by atoms with Crippen LogP contribution in [-0.4, -0.2) is 24.1 Å². The molecule has 1 aliphatic heterocycles. The van der Waals surface area contributed by atoms with E-state index in [0.29, 0.717) is 19.8 Å². The first-order chi connectivity index (χ1) is 12.5. The normalized spacial score (nSPS) is 15.5. The largest absolute Gasteiger partial charge is 0.489 e. The van der Waals surface area contributed by atoms with Crippen molar-refractivity contribution in [2.75, 3.05) is 18.5 Å². The second-order valence-electron chi connectivity index (χ2n) is 7.19. The van der Waals surface area contributed by atoms with Crippen LogP contribution in [0.5, 0.6) is 5.75 Å². The molecule has 134 valence electrons. The minimum absolute atomic E-state index is 0.0179. The van der Waals surface area contributed by atoms with Crippen LogP contribution in [0.1, 0.15) is 18.1 Å². The number of anilines is 1. The Kier molecular flexibility index (Phi) is 4.17. The summed E-state index contributed by atoms with van der Waals surface area (Å²) in [5, 5.41) is 3.94. The molecule has 5 heteroatoms. The van der Waals surface area contributed by atoms with E-state index in [1.165, 1.54) is 5.56 Å². The summed E-state index contributed by atoms with van der Waals surface area (Å²) < 4.78 is 11.1. The average Bonchev–Trinajstić information content (AvgIpc) is 3.01. The molecule has 1 saturated heterocycles. The summed E-state index contributed by atoms with van der Waals surface area (Å²) in [7, 11) is 0. The molecule has 0 saturated carbocycles. The average molecular weight is 350 g/mol. The number of carbonyl (C=O) groups excluding carboxylic acids is 1. The minimum Gasteiger partial charge on any atom is -0.489 e. The molecule has 0 bridgehead atoms. The summed E-state index contributed by atoms with van der Waals surface area (Å²) in [6, 6.07) is 14.1. The third-order valence-corrected chi connectivity index (χ3v) is 4.82. The highest BCUT2D eigenvalue weighted by atomic mass is 16.5. The van der Waals surface area contributed by atoms with Crippen LogP contribution >= 0.6 is 0 Å². The molecule has 0 radical (unpaired) electrons. The van der Waals surface area contributed by atoms with Crippen LogP contribution in [0.15, 0.2) is 48.7 Å². The van der Waals surface area contributed by atoms with Crippen LogP contribution < -0.4 is 10.1 Å². The molecule has 2 heterocycles. The van der Waals surface area contributed by atoms with E-state index >= 15 is 0 Å². The monoisotopic (exact) mass is 350 g/mol. The lowest BCUT2D eigenvalue weighted by molar-refractivity contribution is -0.151. The zero-order chi connectivity index (χ0) is 18.1. The van der Waals surface area contributed by atoms with Gasteiger partial charge in [0.25, 0.3) is 0 Å². The summed E-state index contributed by atoms with van der Waals surface area (Å²) in [6.45, 7) is 5.42. The Morgan fingerprint density at radius 3 is 2.69 bits per heavy atom. The molecule has 0 aliphatic carbocycles. The van der Waals surface area contributed by atoms with E-state index in [1.54, 1.807) is 0 Å². The maximum absolute atomic E-state index is 12.4. The number of hydrogen-bond donors (Lipinski definition) is 2. The predicted octanol–water partition coefficient (Wildman–Crippen LogP) is 4.03. The van der Waals surface area contributed by atoms with Crippen molar-refractivity contribution >= 4 is 22.5 Å². The van der Waals surface area contributed by atoms with E-state index in [4.69, 9.17) is 9.47 Å². The molecule has 1 aromatic heterocycles. The Balaban J connectivity index is 1.50. The van der Waals surface area contributed by atoms with Crippen molar-refractivity contribution in [2.45, 2.75) is 20.5 Å². The summed E-state index contributed by atoms with van der Waals surface area (Å²) in [5.74, 6) is 0.752. The van der Waals surface area contributed by atoms with Crippen molar-refractivity contribution in [1.82, 2.24) is 4.98 Å². The second kappa shape index (κ2) is 6.50. The fourth-order valence-corrected chi connectivity index (χ4v) is 2.96. The zero-order valence-corrected chi connectivity index (χ0v) is 15.0. The molecule has 4 rings (SSSR count). The van der Waals surface area contributed by atoms with Gasteiger partial charge in [0.2, 0.25) is 5.91 Å². The number of aromatic nitrogens is 1. The number of benzene rings is 2. The van der Waals surface area contributed by atoms with Crippen molar-refractivity contribution in [3.05, 3.63) is 59.8 Å². The van der Waals surface area contributed by atoms with Crippen LogP contribution in [0.2, 0.25) is 0 Å². The topological polar surface area (TPSA) is 63.3 Å².